The van der Waals surface area contributed by atoms with Crippen LogP contribution in [0.1, 0.15) is 21.5 Å². The number of hydrogen-bond donors (Lipinski definition) is 0. The van der Waals surface area contributed by atoms with Crippen LogP contribution in [-0.2, 0) is 6.54 Å². The van der Waals surface area contributed by atoms with Crippen molar-refractivity contribution >= 4 is 16.7 Å². The first-order valence-corrected chi connectivity index (χ1v) is 9.22. The van der Waals surface area contributed by atoms with Crippen LogP contribution in [0.25, 0.3) is 10.9 Å². The van der Waals surface area contributed by atoms with Gasteiger partial charge in [-0.25, -0.2) is 8.78 Å². The van der Waals surface area contributed by atoms with E-state index in [1.54, 1.807) is 41.0 Å². The van der Waals surface area contributed by atoms with Gasteiger partial charge in [-0.1, -0.05) is 12.1 Å². The Morgan fingerprint density at radius 2 is 1.60 bits per heavy atom. The lowest BCUT2D eigenvalue weighted by atomic mass is 10.0. The van der Waals surface area contributed by atoms with Gasteiger partial charge in [0.2, 0.25) is 5.43 Å². The predicted molar refractivity (Wildman–Crippen MR) is 110 cm³/mol. The number of fused-ring (bicyclic) bond motifs is 1. The number of ether oxygens (including phenoxy) is 1. The molecule has 0 fully saturated rings. The third-order valence-corrected chi connectivity index (χ3v) is 4.91. The minimum absolute atomic E-state index is 0.0691. The largest absolute Gasteiger partial charge is 0.497 e. The summed E-state index contributed by atoms with van der Waals surface area (Å²) in [7, 11) is 1.52. The topological polar surface area (TPSA) is 48.3 Å². The number of halogens is 2. The molecule has 4 nitrogen and oxygen atoms in total. The molecule has 0 N–H and O–H groups in total. The van der Waals surface area contributed by atoms with Gasteiger partial charge in [0.25, 0.3) is 0 Å². The smallest absolute Gasteiger partial charge is 0.200 e. The number of carbonyl (C=O) groups excluding carboxylic acids is 1. The van der Waals surface area contributed by atoms with E-state index in [1.165, 1.54) is 37.6 Å². The molecule has 4 rings (SSSR count). The summed E-state index contributed by atoms with van der Waals surface area (Å²) in [5.74, 6) is -0.814. The highest BCUT2D eigenvalue weighted by atomic mass is 19.1. The molecular formula is C24H17F2NO3. The number of hydrogen-bond acceptors (Lipinski definition) is 3. The molecule has 1 aromatic heterocycles. The summed E-state index contributed by atoms with van der Waals surface area (Å²) in [6.07, 6.45) is 1.47. The minimum atomic E-state index is -0.568. The summed E-state index contributed by atoms with van der Waals surface area (Å²) in [6, 6.07) is 16.2. The molecular weight excluding hydrogens is 388 g/mol. The number of pyridine rings is 1. The van der Waals surface area contributed by atoms with Gasteiger partial charge in [-0.2, -0.15) is 0 Å². The van der Waals surface area contributed by atoms with Gasteiger partial charge in [0.1, 0.15) is 17.4 Å². The zero-order valence-electron chi connectivity index (χ0n) is 16.1. The van der Waals surface area contributed by atoms with Crippen molar-refractivity contribution in [1.29, 1.82) is 0 Å². The molecule has 6 heteroatoms. The van der Waals surface area contributed by atoms with Gasteiger partial charge in [-0.3, -0.25) is 9.59 Å². The zero-order chi connectivity index (χ0) is 21.3. The first-order chi connectivity index (χ1) is 14.5. The van der Waals surface area contributed by atoms with Crippen molar-refractivity contribution in [2.75, 3.05) is 7.11 Å². The average Bonchev–Trinajstić information content (AvgIpc) is 2.77. The molecule has 0 aliphatic carbocycles. The molecule has 0 aliphatic heterocycles. The quantitative estimate of drug-likeness (QED) is 0.457. The molecule has 0 bridgehead atoms. The fourth-order valence-electron chi connectivity index (χ4n) is 3.35. The number of carbonyl (C=O) groups is 1. The standard InChI is InChI=1S/C24H17F2NO3/c1-30-19-9-4-16(5-10-19)23(28)21-14-27(13-15-2-6-17(25)7-3-15)22-11-8-18(26)12-20(22)24(21)29/h2-12,14H,13H2,1H3. The van der Waals surface area contributed by atoms with Crippen LogP contribution < -0.4 is 10.2 Å². The molecule has 0 aliphatic rings. The second-order valence-electron chi connectivity index (χ2n) is 6.85. The van der Waals surface area contributed by atoms with E-state index < -0.39 is 17.0 Å². The van der Waals surface area contributed by atoms with Gasteiger partial charge in [-0.15, -0.1) is 0 Å². The molecule has 0 saturated heterocycles. The lowest BCUT2D eigenvalue weighted by Gasteiger charge is -2.14. The van der Waals surface area contributed by atoms with Crippen molar-refractivity contribution in [3.05, 3.63) is 111 Å². The van der Waals surface area contributed by atoms with Crippen LogP contribution in [0.15, 0.2) is 77.7 Å². The van der Waals surface area contributed by atoms with Crippen LogP contribution in [0.5, 0.6) is 5.75 Å². The van der Waals surface area contributed by atoms with Gasteiger partial charge in [0.05, 0.1) is 18.2 Å². The maximum Gasteiger partial charge on any atom is 0.200 e. The molecule has 0 radical (unpaired) electrons. The third kappa shape index (κ3) is 3.72. The van der Waals surface area contributed by atoms with Crippen LogP contribution in [0, 0.1) is 11.6 Å². The number of nitrogens with zero attached hydrogens (tertiary/aromatic N) is 1. The van der Waals surface area contributed by atoms with Crippen molar-refractivity contribution in [2.24, 2.45) is 0 Å². The Kier molecular flexibility index (Phi) is 5.14. The van der Waals surface area contributed by atoms with E-state index in [4.69, 9.17) is 4.74 Å². The normalized spacial score (nSPS) is 10.9. The van der Waals surface area contributed by atoms with E-state index in [0.717, 1.165) is 11.6 Å². The third-order valence-electron chi connectivity index (χ3n) is 4.91. The number of benzene rings is 3. The van der Waals surface area contributed by atoms with Gasteiger partial charge in [0, 0.05) is 23.7 Å². The van der Waals surface area contributed by atoms with Crippen LogP contribution in [0.3, 0.4) is 0 Å². The molecule has 30 heavy (non-hydrogen) atoms. The van der Waals surface area contributed by atoms with Crippen molar-refractivity contribution in [1.82, 2.24) is 4.57 Å². The SMILES string of the molecule is COc1ccc(C(=O)c2cn(Cc3ccc(F)cc3)c3ccc(F)cc3c2=O)cc1. The summed E-state index contributed by atoms with van der Waals surface area (Å²) < 4.78 is 33.9. The maximum absolute atomic E-state index is 13.9. The van der Waals surface area contributed by atoms with Crippen molar-refractivity contribution in [3.8, 4) is 5.75 Å². The Balaban J connectivity index is 1.86. The first-order valence-electron chi connectivity index (χ1n) is 9.22. The Labute approximate surface area is 171 Å². The van der Waals surface area contributed by atoms with Crippen LogP contribution >= 0.6 is 0 Å². The fourth-order valence-corrected chi connectivity index (χ4v) is 3.35. The van der Waals surface area contributed by atoms with Crippen molar-refractivity contribution in [2.45, 2.75) is 6.54 Å². The Hall–Kier alpha value is -3.80. The van der Waals surface area contributed by atoms with E-state index in [1.807, 2.05) is 0 Å². The summed E-state index contributed by atoms with van der Waals surface area (Å²) in [5.41, 5.74) is 0.962. The summed E-state index contributed by atoms with van der Waals surface area (Å²) >= 11 is 0. The van der Waals surface area contributed by atoms with Gasteiger partial charge in [0.15, 0.2) is 5.78 Å². The lowest BCUT2D eigenvalue weighted by molar-refractivity contribution is 0.103. The molecule has 3 aromatic carbocycles. The van der Waals surface area contributed by atoms with Gasteiger partial charge in [-0.05, 0) is 60.2 Å². The summed E-state index contributed by atoms with van der Waals surface area (Å²) in [5, 5.41) is 0.108. The number of methoxy groups -OCH3 is 1. The highest BCUT2D eigenvalue weighted by molar-refractivity contribution is 6.10. The van der Waals surface area contributed by atoms with Gasteiger partial charge >= 0.3 is 0 Å². The van der Waals surface area contributed by atoms with Crippen molar-refractivity contribution < 1.29 is 18.3 Å². The van der Waals surface area contributed by atoms with Crippen LogP contribution in [-0.4, -0.2) is 17.5 Å². The van der Waals surface area contributed by atoms with Crippen LogP contribution in [0.2, 0.25) is 0 Å². The van der Waals surface area contributed by atoms with E-state index >= 15 is 0 Å². The minimum Gasteiger partial charge on any atom is -0.497 e. The first kappa shape index (κ1) is 19.5. The second kappa shape index (κ2) is 7.91. The Morgan fingerprint density at radius 1 is 0.933 bits per heavy atom. The highest BCUT2D eigenvalue weighted by Crippen LogP contribution is 2.19. The molecule has 0 spiro atoms. The number of rotatable bonds is 5. The Bertz CT molecular complexity index is 1290. The zero-order valence-corrected chi connectivity index (χ0v) is 16.1. The molecule has 0 amide bonds. The molecule has 150 valence electrons. The lowest BCUT2D eigenvalue weighted by Crippen LogP contribution is -2.20. The van der Waals surface area contributed by atoms with E-state index in [-0.39, 0.29) is 23.3 Å². The molecule has 1 heterocycles. The fraction of sp³-hybridized carbons (Fsp3) is 0.0833. The van der Waals surface area contributed by atoms with Crippen molar-refractivity contribution in [3.63, 3.8) is 0 Å². The average molecular weight is 405 g/mol. The Morgan fingerprint density at radius 3 is 2.27 bits per heavy atom. The summed E-state index contributed by atoms with van der Waals surface area (Å²) in [6.45, 7) is 0.283. The molecule has 0 unspecified atom stereocenters. The van der Waals surface area contributed by atoms with E-state index in [0.29, 0.717) is 16.8 Å². The van der Waals surface area contributed by atoms with E-state index in [9.17, 15) is 18.4 Å². The summed E-state index contributed by atoms with van der Waals surface area (Å²) in [4.78, 5) is 26.0. The number of aromatic nitrogens is 1. The predicted octanol–water partition coefficient (Wildman–Crippen LogP) is 4.57. The molecule has 4 aromatic rings. The number of ketones is 1. The second-order valence-corrected chi connectivity index (χ2v) is 6.85. The maximum atomic E-state index is 13.9. The molecule has 0 saturated carbocycles. The van der Waals surface area contributed by atoms with E-state index in [2.05, 4.69) is 0 Å². The highest BCUT2D eigenvalue weighted by Gasteiger charge is 2.18. The van der Waals surface area contributed by atoms with Gasteiger partial charge < -0.3 is 9.30 Å². The monoisotopic (exact) mass is 405 g/mol. The van der Waals surface area contributed by atoms with Crippen LogP contribution in [0.4, 0.5) is 8.78 Å². The molecule has 0 atom stereocenters.